The van der Waals surface area contributed by atoms with E-state index in [1.165, 1.54) is 13.8 Å². The Kier molecular flexibility index (Phi) is 7.65. The van der Waals surface area contributed by atoms with E-state index in [2.05, 4.69) is 16.4 Å². The van der Waals surface area contributed by atoms with Crippen LogP contribution in [0.3, 0.4) is 0 Å². The van der Waals surface area contributed by atoms with Gasteiger partial charge in [-0.1, -0.05) is 11.8 Å². The van der Waals surface area contributed by atoms with Crippen molar-refractivity contribution in [3.8, 4) is 22.3 Å². The van der Waals surface area contributed by atoms with Crippen molar-refractivity contribution in [3.05, 3.63) is 0 Å². The van der Waals surface area contributed by atoms with Crippen molar-refractivity contribution in [2.75, 3.05) is 0 Å². The van der Waals surface area contributed by atoms with Crippen molar-refractivity contribution >= 4 is 34.3 Å². The zero-order valence-electron chi connectivity index (χ0n) is 9.50. The second-order valence-electron chi connectivity index (χ2n) is 3.11. The molecule has 0 aliphatic carbocycles. The molecule has 0 spiro atoms. The SMILES string of the molecule is CC(=O)SC#CC(C)C(C#CSC=O)C(F)(F)F. The van der Waals surface area contributed by atoms with Gasteiger partial charge in [0.25, 0.3) is 0 Å². The minimum absolute atomic E-state index is 0.291. The van der Waals surface area contributed by atoms with Crippen molar-refractivity contribution in [2.24, 2.45) is 11.8 Å². The Hall–Kier alpha value is -1.05. The summed E-state index contributed by atoms with van der Waals surface area (Å²) >= 11 is 1.09. The fraction of sp³-hybridized carbons (Fsp3) is 0.455. The van der Waals surface area contributed by atoms with Gasteiger partial charge in [-0.2, -0.15) is 13.2 Å². The Balaban J connectivity index is 4.86. The fourth-order valence-electron chi connectivity index (χ4n) is 0.889. The smallest absolute Gasteiger partial charge is 0.290 e. The normalized spacial score (nSPS) is 13.4. The highest BCUT2D eigenvalue weighted by molar-refractivity contribution is 8.17. The molecule has 0 bridgehead atoms. The summed E-state index contributed by atoms with van der Waals surface area (Å²) in [7, 11) is 0. The van der Waals surface area contributed by atoms with Crippen LogP contribution in [0.2, 0.25) is 0 Å². The molecular formula is C11H9F3O2S2. The molecule has 0 heterocycles. The summed E-state index contributed by atoms with van der Waals surface area (Å²) in [5.41, 5.74) is 0.350. The molecule has 18 heavy (non-hydrogen) atoms. The van der Waals surface area contributed by atoms with Crippen LogP contribution in [0.4, 0.5) is 13.2 Å². The van der Waals surface area contributed by atoms with Gasteiger partial charge in [0.05, 0.1) is 0 Å². The van der Waals surface area contributed by atoms with Crippen LogP contribution >= 0.6 is 23.5 Å². The first-order valence-electron chi connectivity index (χ1n) is 4.63. The van der Waals surface area contributed by atoms with Gasteiger partial charge < -0.3 is 0 Å². The maximum Gasteiger partial charge on any atom is 0.403 e. The van der Waals surface area contributed by atoms with Gasteiger partial charge >= 0.3 is 6.18 Å². The number of halogens is 3. The summed E-state index contributed by atoms with van der Waals surface area (Å²) in [6.07, 6.45) is -4.52. The van der Waals surface area contributed by atoms with Gasteiger partial charge in [0.2, 0.25) is 0 Å². The van der Waals surface area contributed by atoms with Crippen molar-refractivity contribution in [1.82, 2.24) is 0 Å². The van der Waals surface area contributed by atoms with Crippen LogP contribution in [0.25, 0.3) is 0 Å². The van der Waals surface area contributed by atoms with E-state index in [-0.39, 0.29) is 5.12 Å². The molecule has 0 saturated heterocycles. The van der Waals surface area contributed by atoms with Gasteiger partial charge in [0.15, 0.2) is 10.7 Å². The molecule has 0 radical (unpaired) electrons. The van der Waals surface area contributed by atoms with E-state index in [0.29, 0.717) is 29.1 Å². The molecule has 0 N–H and O–H groups in total. The molecule has 98 valence electrons. The second kappa shape index (κ2) is 8.12. The Bertz CT molecular complexity index is 424. The van der Waals surface area contributed by atoms with E-state index < -0.39 is 18.0 Å². The first-order valence-corrected chi connectivity index (χ1v) is 6.33. The molecule has 0 saturated carbocycles. The summed E-state index contributed by atoms with van der Waals surface area (Å²) in [6, 6.07) is 0. The Morgan fingerprint density at radius 1 is 1.28 bits per heavy atom. The van der Waals surface area contributed by atoms with Crippen LogP contribution in [0.1, 0.15) is 13.8 Å². The Labute approximate surface area is 111 Å². The maximum atomic E-state index is 12.6. The van der Waals surface area contributed by atoms with Crippen LogP contribution in [0.15, 0.2) is 0 Å². The predicted molar refractivity (Wildman–Crippen MR) is 66.9 cm³/mol. The molecule has 0 amide bonds. The number of rotatable bonds is 2. The summed E-state index contributed by atoms with van der Waals surface area (Å²) in [4.78, 5) is 20.5. The molecular weight excluding hydrogens is 285 g/mol. The van der Waals surface area contributed by atoms with E-state index >= 15 is 0 Å². The van der Waals surface area contributed by atoms with Crippen LogP contribution in [0.5, 0.6) is 0 Å². The highest BCUT2D eigenvalue weighted by atomic mass is 32.2. The van der Waals surface area contributed by atoms with Gasteiger partial charge in [0, 0.05) is 12.8 Å². The first-order chi connectivity index (χ1) is 8.29. The van der Waals surface area contributed by atoms with Crippen LogP contribution in [0, 0.1) is 34.2 Å². The largest absolute Gasteiger partial charge is 0.403 e. The van der Waals surface area contributed by atoms with Crippen LogP contribution in [-0.2, 0) is 9.59 Å². The lowest BCUT2D eigenvalue weighted by atomic mass is 9.95. The first kappa shape index (κ1) is 16.9. The summed E-state index contributed by atoms with van der Waals surface area (Å²) in [5, 5.41) is 4.07. The lowest BCUT2D eigenvalue weighted by Crippen LogP contribution is -2.27. The lowest BCUT2D eigenvalue weighted by Gasteiger charge is -2.17. The summed E-state index contributed by atoms with van der Waals surface area (Å²) in [5.74, 6) is 1.27. The Morgan fingerprint density at radius 3 is 2.33 bits per heavy atom. The van der Waals surface area contributed by atoms with Gasteiger partial charge in [-0.25, -0.2) is 0 Å². The van der Waals surface area contributed by atoms with Crippen LogP contribution < -0.4 is 0 Å². The zero-order valence-corrected chi connectivity index (χ0v) is 11.1. The lowest BCUT2D eigenvalue weighted by molar-refractivity contribution is -0.165. The molecule has 2 nitrogen and oxygen atoms in total. The average Bonchev–Trinajstić information content (AvgIpc) is 2.21. The van der Waals surface area contributed by atoms with E-state index in [1.54, 1.807) is 0 Å². The molecule has 0 aromatic heterocycles. The number of hydrogen-bond donors (Lipinski definition) is 0. The van der Waals surface area contributed by atoms with Crippen molar-refractivity contribution in [1.29, 1.82) is 0 Å². The molecule has 0 aliphatic heterocycles. The number of carbonyl (C=O) groups is 2. The van der Waals surface area contributed by atoms with Crippen LogP contribution in [-0.4, -0.2) is 16.9 Å². The Morgan fingerprint density at radius 2 is 1.89 bits per heavy atom. The van der Waals surface area contributed by atoms with E-state index in [9.17, 15) is 22.8 Å². The number of alkyl halides is 3. The molecule has 0 aromatic rings. The van der Waals surface area contributed by atoms with Crippen molar-refractivity contribution < 1.29 is 22.8 Å². The summed E-state index contributed by atoms with van der Waals surface area (Å²) < 4.78 is 37.9. The van der Waals surface area contributed by atoms with E-state index in [4.69, 9.17) is 0 Å². The highest BCUT2D eigenvalue weighted by Crippen LogP contribution is 2.31. The third-order valence-corrected chi connectivity index (χ3v) is 2.49. The quantitative estimate of drug-likeness (QED) is 0.579. The standard InChI is InChI=1S/C11H9F3O2S2/c1-8(3-6-18-9(2)16)10(11(12,13)14)4-5-17-7-15/h7-8,10H,1-2H3. The van der Waals surface area contributed by atoms with Crippen molar-refractivity contribution in [3.63, 3.8) is 0 Å². The molecule has 0 rings (SSSR count). The molecule has 2 unspecified atom stereocenters. The zero-order chi connectivity index (χ0) is 14.2. The minimum atomic E-state index is -4.52. The molecule has 2 atom stereocenters. The topological polar surface area (TPSA) is 34.1 Å². The van der Waals surface area contributed by atoms with Gasteiger partial charge in [-0.05, 0) is 41.0 Å². The number of carbonyl (C=O) groups excluding carboxylic acids is 2. The molecule has 0 aromatic carbocycles. The third kappa shape index (κ3) is 7.31. The molecule has 0 aliphatic rings. The minimum Gasteiger partial charge on any atom is -0.290 e. The van der Waals surface area contributed by atoms with E-state index in [0.717, 1.165) is 0 Å². The predicted octanol–water partition coefficient (Wildman–Crippen LogP) is 2.93. The van der Waals surface area contributed by atoms with Gasteiger partial charge in [-0.15, -0.1) is 0 Å². The average molecular weight is 294 g/mol. The fourth-order valence-corrected chi connectivity index (χ4v) is 1.52. The number of hydrogen-bond acceptors (Lipinski definition) is 4. The highest BCUT2D eigenvalue weighted by Gasteiger charge is 2.41. The number of thioether (sulfide) groups is 2. The molecule has 0 fully saturated rings. The maximum absolute atomic E-state index is 12.6. The van der Waals surface area contributed by atoms with Gasteiger partial charge in [-0.3, -0.25) is 9.59 Å². The van der Waals surface area contributed by atoms with E-state index in [1.807, 2.05) is 5.92 Å². The second-order valence-corrected chi connectivity index (χ2v) is 4.72. The third-order valence-electron chi connectivity index (χ3n) is 1.66. The van der Waals surface area contributed by atoms with Crippen molar-refractivity contribution in [2.45, 2.75) is 20.0 Å². The monoisotopic (exact) mass is 294 g/mol. The molecule has 7 heteroatoms. The van der Waals surface area contributed by atoms with Gasteiger partial charge in [0.1, 0.15) is 5.92 Å². The summed E-state index contributed by atoms with van der Waals surface area (Å²) in [6.45, 7) is 2.54.